The van der Waals surface area contributed by atoms with Gasteiger partial charge >= 0.3 is 18.0 Å². The lowest BCUT2D eigenvalue weighted by Gasteiger charge is -2.19. The molecular weight excluding hydrogens is 1630 g/mol. The summed E-state index contributed by atoms with van der Waals surface area (Å²) in [7, 11) is 3.34. The fraction of sp³-hybridized carbons (Fsp3) is 0.866. The number of hydrogen-bond acceptors (Lipinski definition) is 17. The van der Waals surface area contributed by atoms with Gasteiger partial charge in [-0.3, -0.25) is 62.9 Å². The highest BCUT2D eigenvalue weighted by atomic mass is 16.6. The topological polar surface area (TPSA) is 491 Å². The number of amides is 9. The van der Waals surface area contributed by atoms with Crippen molar-refractivity contribution in [2.24, 2.45) is 38.6 Å². The molecule has 0 aromatic rings. The van der Waals surface area contributed by atoms with Gasteiger partial charge in [-0.1, -0.05) is 229 Å². The van der Waals surface area contributed by atoms with Crippen LogP contribution in [0.3, 0.4) is 0 Å². The summed E-state index contributed by atoms with van der Waals surface area (Å²) in [5.74, 6) is -2.08. The van der Waals surface area contributed by atoms with Gasteiger partial charge in [0.25, 0.3) is 0 Å². The molecule has 1 saturated heterocycles. The number of ketones is 2. The summed E-state index contributed by atoms with van der Waals surface area (Å²) in [4.78, 5) is 158. The number of carboxylic acids is 2. The summed E-state index contributed by atoms with van der Waals surface area (Å²) >= 11 is 0. The maximum absolute atomic E-state index is 13.1. The number of ether oxygens (including phenoxy) is 1. The fourth-order valence-electron chi connectivity index (χ4n) is 14.5. The largest absolute Gasteiger partial charge is 0.481 e. The Labute approximate surface area is 771 Å². The molecule has 2 atom stereocenters. The number of rotatable bonds is 82. The van der Waals surface area contributed by atoms with Crippen molar-refractivity contribution in [3.63, 3.8) is 0 Å². The predicted octanol–water partition coefficient (Wildman–Crippen LogP) is 20.4. The van der Waals surface area contributed by atoms with E-state index < -0.39 is 28.4 Å². The van der Waals surface area contributed by atoms with E-state index in [4.69, 9.17) is 31.7 Å². The van der Waals surface area contributed by atoms with E-state index in [0.29, 0.717) is 136 Å². The molecule has 1 heterocycles. The molecule has 1 aliphatic heterocycles. The van der Waals surface area contributed by atoms with E-state index in [1.165, 1.54) is 51.4 Å². The van der Waals surface area contributed by atoms with Gasteiger partial charge in [0.15, 0.2) is 0 Å². The van der Waals surface area contributed by atoms with Crippen LogP contribution in [0, 0.1) is 22.7 Å². The summed E-state index contributed by atoms with van der Waals surface area (Å²) in [6, 6.07) is 0. The Hall–Kier alpha value is -7.91. The van der Waals surface area contributed by atoms with Crippen LogP contribution >= 0.6 is 0 Å². The van der Waals surface area contributed by atoms with Crippen molar-refractivity contribution in [1.29, 1.82) is 0 Å². The van der Waals surface area contributed by atoms with Gasteiger partial charge in [0.2, 0.25) is 47.3 Å². The molecule has 740 valence electrons. The molecule has 9 amide bonds. The highest BCUT2D eigenvalue weighted by molar-refractivity contribution is 6.01. The zero-order chi connectivity index (χ0) is 95.9. The molecule has 0 radical (unpaired) electrons. The van der Waals surface area contributed by atoms with Crippen LogP contribution in [0.25, 0.3) is 20.9 Å². The number of carboxylic acid groups (broad SMARTS) is 2. The second-order valence-corrected chi connectivity index (χ2v) is 37.0. The molecule has 0 saturated carbocycles. The first-order valence-corrected chi connectivity index (χ1v) is 49.8. The minimum absolute atomic E-state index is 0.0537. The number of nitrogens with zero attached hydrogens (tertiary/aromatic N) is 6. The molecular formula is C97H181N15O16. The monoisotopic (exact) mass is 1810 g/mol. The number of carbonyl (C=O) groups is 13. The molecule has 0 aliphatic carbocycles. The molecule has 0 unspecified atom stereocenters. The molecule has 31 nitrogen and oxygen atoms in total. The molecule has 0 bridgehead atoms. The third-order valence-corrected chi connectivity index (χ3v) is 22.9. The molecule has 1 rings (SSSR count). The molecule has 128 heavy (non-hydrogen) atoms. The first-order valence-electron chi connectivity index (χ1n) is 49.8. The number of azide groups is 2. The van der Waals surface area contributed by atoms with Gasteiger partial charge in [0.05, 0.1) is 10.8 Å². The third kappa shape index (κ3) is 87.4. The van der Waals surface area contributed by atoms with Crippen LogP contribution in [0.1, 0.15) is 447 Å². The third-order valence-electron chi connectivity index (χ3n) is 22.9. The molecule has 12 N–H and O–H groups in total. The van der Waals surface area contributed by atoms with Crippen molar-refractivity contribution in [3.8, 4) is 0 Å². The lowest BCUT2D eigenvalue weighted by Crippen LogP contribution is -2.33. The molecule has 1 fully saturated rings. The van der Waals surface area contributed by atoms with Crippen LogP contribution in [0.2, 0.25) is 0 Å². The quantitative estimate of drug-likeness (QED) is 0.00886. The number of hydrogen-bond donors (Lipinski definition) is 11. The summed E-state index contributed by atoms with van der Waals surface area (Å²) < 4.78 is 5.23. The van der Waals surface area contributed by atoms with Crippen LogP contribution in [-0.2, 0) is 62.3 Å². The van der Waals surface area contributed by atoms with E-state index in [9.17, 15) is 62.3 Å². The summed E-state index contributed by atoms with van der Waals surface area (Å²) in [5, 5.41) is 47.4. The van der Waals surface area contributed by atoms with Gasteiger partial charge < -0.3 is 57.9 Å². The minimum Gasteiger partial charge on any atom is -0.481 e. The molecule has 0 aromatic carbocycles. The van der Waals surface area contributed by atoms with Gasteiger partial charge in [-0.05, 0) is 182 Å². The highest BCUT2D eigenvalue weighted by Gasteiger charge is 2.28. The van der Waals surface area contributed by atoms with E-state index in [1.54, 1.807) is 41.8 Å². The van der Waals surface area contributed by atoms with Gasteiger partial charge in [-0.15, -0.1) is 0 Å². The number of aliphatic carboxylic acids is 2. The maximum atomic E-state index is 13.1. The molecule has 0 aromatic heterocycles. The maximum Gasteiger partial charge on any atom is 0.407 e. The molecule has 1 aliphatic rings. The second-order valence-electron chi connectivity index (χ2n) is 37.0. The lowest BCUT2D eigenvalue weighted by atomic mass is 9.86. The highest BCUT2D eigenvalue weighted by Crippen LogP contribution is 2.27. The number of imide groups is 1. The second kappa shape index (κ2) is 87.1. The van der Waals surface area contributed by atoms with Crippen LogP contribution in [0.5, 0.6) is 0 Å². The number of unbranched alkanes of at least 4 members (excludes halogenated alkanes) is 39. The summed E-state index contributed by atoms with van der Waals surface area (Å²) in [6.07, 6.45) is 56.0. The van der Waals surface area contributed by atoms with E-state index >= 15 is 0 Å². The van der Waals surface area contributed by atoms with E-state index in [2.05, 4.69) is 62.6 Å². The van der Waals surface area contributed by atoms with Crippen LogP contribution < -0.4 is 48.3 Å². The van der Waals surface area contributed by atoms with Crippen molar-refractivity contribution < 1.29 is 77.3 Å². The normalized spacial score (nSPS) is 12.1. The SMILES string of the molecule is CC(C)(CCCCCCCCCCC(C)(C)C(=O)O)C(=O)O.CNC(=O)CCCCCCCCCCNC(=O)[C@H](CCCCNC(=O)CCCCCCCCCCN)CC(=O)CCCCN=[N+]=[N-].CNC(=O)CCCCCCCCCCNC(=O)[C@H](CCCCNC(=O)CCCCCCCCCCNC(=O)OC(C)(C)C)CC(=O)CCCCN=[N+]=[N-].O=C1CCC(=O)N1. The van der Waals surface area contributed by atoms with Crippen LogP contribution in [0.4, 0.5) is 4.79 Å². The minimum atomic E-state index is -0.711. The Balaban J connectivity index is -0.00000187. The Morgan fingerprint density at radius 2 is 0.633 bits per heavy atom. The van der Waals surface area contributed by atoms with Gasteiger partial charge in [-0.2, -0.15) is 0 Å². The van der Waals surface area contributed by atoms with Gasteiger partial charge in [0, 0.05) is 146 Å². The van der Waals surface area contributed by atoms with Crippen molar-refractivity contribution in [3.05, 3.63) is 20.9 Å². The first-order chi connectivity index (χ1) is 61.3. The number of nitrogens with one attached hydrogen (secondary N) is 8. The zero-order valence-corrected chi connectivity index (χ0v) is 81.5. The van der Waals surface area contributed by atoms with Crippen LogP contribution in [-0.4, -0.2) is 159 Å². The summed E-state index contributed by atoms with van der Waals surface area (Å²) in [6.45, 7) is 17.2. The standard InChI is InChI=1S/C40H75N7O6.C35H67N7O4.C18H34O4.C4H5NO2/c1-40(2,3)53-39(52)45-31-22-16-12-8-6-10-14-18-28-37(50)43-29-23-19-25-34(33-35(48)26-20-24-32-46-47-41)38(51)44-30-21-15-11-7-5-9-13-17-27-36(49)42-4;1-38-33(44)24-14-10-6-3-5-9-13-19-28-40-35(46)31(30-32(43)23-17-21-29-41-42-37)22-16-20-27-39-34(45)25-15-11-7-2-4-8-12-18-26-36;1-17(2,15(19)20)13-11-9-7-5-6-8-10-12-14-18(3,4)16(21)22;6-3-1-2-4(7)5-3/h34H,5-33H2,1-4H3,(H,42,49)(H,43,50)(H,44,51)(H,45,52);31H,2-30,36H2,1H3,(H,38,44)(H,39,45)(H,40,46);5-14H2,1-4H3,(H,19,20)(H,21,22);1-2H2,(H,5,6,7)/t34-;31-;;/m11../s1. The zero-order valence-electron chi connectivity index (χ0n) is 81.5. The number of carbonyl (C=O) groups excluding carboxylic acids is 11. The number of nitrogens with two attached hydrogens (primary N) is 1. The Kier molecular flexibility index (Phi) is 84.5. The van der Waals surface area contributed by atoms with Crippen molar-refractivity contribution in [2.45, 2.75) is 452 Å². The van der Waals surface area contributed by atoms with Crippen molar-refractivity contribution in [2.75, 3.05) is 66.5 Å². The van der Waals surface area contributed by atoms with Crippen LogP contribution in [0.15, 0.2) is 10.2 Å². The van der Waals surface area contributed by atoms with Crippen molar-refractivity contribution in [1.82, 2.24) is 42.5 Å². The average Bonchev–Trinajstić information content (AvgIpc) is 1.26. The predicted molar refractivity (Wildman–Crippen MR) is 511 cm³/mol. The number of alkyl carbamates (subject to hydrolysis) is 1. The summed E-state index contributed by atoms with van der Waals surface area (Å²) in [5.41, 5.74) is 20.7. The number of Topliss-reactive ketones (excluding diaryl/α,β-unsaturated/α-hetero) is 2. The Morgan fingerprint density at radius 1 is 0.367 bits per heavy atom. The fourth-order valence-corrected chi connectivity index (χ4v) is 14.5. The molecule has 31 heteroatoms. The Bertz CT molecular complexity index is 3000. The van der Waals surface area contributed by atoms with E-state index in [1.807, 2.05) is 20.8 Å². The smallest absolute Gasteiger partial charge is 0.407 e. The Morgan fingerprint density at radius 3 is 0.914 bits per heavy atom. The van der Waals surface area contributed by atoms with E-state index in [-0.39, 0.29) is 89.6 Å². The first kappa shape index (κ1) is 124. The van der Waals surface area contributed by atoms with Gasteiger partial charge in [0.1, 0.15) is 17.2 Å². The van der Waals surface area contributed by atoms with Crippen molar-refractivity contribution >= 4 is 76.9 Å². The van der Waals surface area contributed by atoms with Gasteiger partial charge in [-0.25, -0.2) is 4.79 Å². The lowest BCUT2D eigenvalue weighted by molar-refractivity contribution is -0.148. The van der Waals surface area contributed by atoms with E-state index in [0.717, 1.165) is 251 Å². The molecule has 0 spiro atoms. The average molecular weight is 1810 g/mol.